The lowest BCUT2D eigenvalue weighted by Crippen LogP contribution is -2.44. The highest BCUT2D eigenvalue weighted by atomic mass is 35.5. The van der Waals surface area contributed by atoms with Crippen molar-refractivity contribution >= 4 is 29.9 Å². The molecule has 0 aliphatic carbocycles. The third-order valence-electron chi connectivity index (χ3n) is 2.16. The van der Waals surface area contributed by atoms with E-state index in [1.54, 1.807) is 11.8 Å². The molecule has 2 nitrogen and oxygen atoms in total. The fourth-order valence-electron chi connectivity index (χ4n) is 1.54. The summed E-state index contributed by atoms with van der Waals surface area (Å²) in [6.45, 7) is 4.94. The van der Waals surface area contributed by atoms with Crippen LogP contribution < -0.4 is 10.6 Å². The minimum atomic E-state index is -0.160. The Morgan fingerprint density at radius 3 is 2.12 bits per heavy atom. The molecule has 0 aliphatic rings. The van der Waals surface area contributed by atoms with Crippen molar-refractivity contribution in [3.8, 4) is 0 Å². The Morgan fingerprint density at radius 2 is 1.75 bits per heavy atom. The summed E-state index contributed by atoms with van der Waals surface area (Å²) >= 11 is 1.76. The fraction of sp³-hybridized carbons (Fsp3) is 0.500. The van der Waals surface area contributed by atoms with Crippen LogP contribution in [0.4, 0.5) is 5.69 Å². The van der Waals surface area contributed by atoms with Gasteiger partial charge < -0.3 is 10.6 Å². The highest BCUT2D eigenvalue weighted by molar-refractivity contribution is 7.98. The van der Waals surface area contributed by atoms with E-state index in [2.05, 4.69) is 42.5 Å². The number of rotatable bonds is 4. The maximum Gasteiger partial charge on any atom is 0.0365 e. The number of thioether (sulfide) groups is 1. The molecular formula is C12H21ClN2S. The van der Waals surface area contributed by atoms with E-state index < -0.39 is 0 Å². The van der Waals surface area contributed by atoms with Crippen LogP contribution in [0.25, 0.3) is 0 Å². The van der Waals surface area contributed by atoms with E-state index in [9.17, 15) is 0 Å². The third-order valence-corrected chi connectivity index (χ3v) is 2.90. The lowest BCUT2D eigenvalue weighted by Gasteiger charge is -2.28. The van der Waals surface area contributed by atoms with Crippen molar-refractivity contribution in [3.63, 3.8) is 0 Å². The van der Waals surface area contributed by atoms with E-state index in [0.29, 0.717) is 0 Å². The Balaban J connectivity index is 0.00000225. The van der Waals surface area contributed by atoms with Gasteiger partial charge in [-0.05, 0) is 44.4 Å². The van der Waals surface area contributed by atoms with Gasteiger partial charge in [0, 0.05) is 29.7 Å². The second kappa shape index (κ2) is 6.38. The first-order valence-corrected chi connectivity index (χ1v) is 6.29. The van der Waals surface area contributed by atoms with Crippen LogP contribution in [-0.2, 0) is 0 Å². The van der Waals surface area contributed by atoms with Crippen LogP contribution in [0.15, 0.2) is 29.2 Å². The summed E-state index contributed by atoms with van der Waals surface area (Å²) < 4.78 is 0. The van der Waals surface area contributed by atoms with Crippen LogP contribution in [0.3, 0.4) is 0 Å². The molecule has 0 heterocycles. The van der Waals surface area contributed by atoms with Crippen molar-refractivity contribution in [3.05, 3.63) is 24.3 Å². The van der Waals surface area contributed by atoms with Gasteiger partial charge in [0.25, 0.3) is 0 Å². The molecule has 0 atom stereocenters. The summed E-state index contributed by atoms with van der Waals surface area (Å²) in [7, 11) is 2.07. The van der Waals surface area contributed by atoms with Gasteiger partial charge in [0.15, 0.2) is 0 Å². The van der Waals surface area contributed by atoms with E-state index in [1.165, 1.54) is 10.6 Å². The maximum absolute atomic E-state index is 5.98. The Bertz CT molecular complexity index is 306. The molecule has 0 aliphatic heterocycles. The van der Waals surface area contributed by atoms with Gasteiger partial charge in [0.2, 0.25) is 0 Å². The summed E-state index contributed by atoms with van der Waals surface area (Å²) in [6, 6.07) is 8.55. The Morgan fingerprint density at radius 1 is 1.25 bits per heavy atom. The smallest absolute Gasteiger partial charge is 0.0365 e. The Kier molecular flexibility index (Phi) is 6.23. The standard InChI is InChI=1S/C12H20N2S.ClH/c1-12(2,13)9-14(3)10-5-7-11(15-4)8-6-10;/h5-8H,9,13H2,1-4H3;1H. The van der Waals surface area contributed by atoms with E-state index >= 15 is 0 Å². The predicted octanol–water partition coefficient (Wildman–Crippen LogP) is 3.00. The van der Waals surface area contributed by atoms with Crippen molar-refractivity contribution in [1.82, 2.24) is 0 Å². The molecule has 1 rings (SSSR count). The van der Waals surface area contributed by atoms with Crippen LogP contribution in [0.1, 0.15) is 13.8 Å². The summed E-state index contributed by atoms with van der Waals surface area (Å²) in [5, 5.41) is 0. The molecule has 2 N–H and O–H groups in total. The van der Waals surface area contributed by atoms with E-state index in [4.69, 9.17) is 5.73 Å². The summed E-state index contributed by atoms with van der Waals surface area (Å²) in [5.41, 5.74) is 7.04. The number of nitrogens with zero attached hydrogens (tertiary/aromatic N) is 1. The van der Waals surface area contributed by atoms with Gasteiger partial charge in [-0.1, -0.05) is 0 Å². The normalized spacial score (nSPS) is 10.8. The number of halogens is 1. The third kappa shape index (κ3) is 5.10. The van der Waals surface area contributed by atoms with Crippen molar-refractivity contribution in [2.75, 3.05) is 24.7 Å². The largest absolute Gasteiger partial charge is 0.373 e. The molecule has 0 saturated carbocycles. The van der Waals surface area contributed by atoms with Crippen molar-refractivity contribution < 1.29 is 0 Å². The molecule has 1 aromatic rings. The molecule has 0 saturated heterocycles. The minimum Gasteiger partial charge on any atom is -0.373 e. The molecule has 0 bridgehead atoms. The lowest BCUT2D eigenvalue weighted by atomic mass is 10.1. The van der Waals surface area contributed by atoms with E-state index in [-0.39, 0.29) is 17.9 Å². The zero-order valence-electron chi connectivity index (χ0n) is 10.4. The van der Waals surface area contributed by atoms with Gasteiger partial charge in [0.05, 0.1) is 0 Å². The summed E-state index contributed by atoms with van der Waals surface area (Å²) in [4.78, 5) is 3.48. The minimum absolute atomic E-state index is 0. The highest BCUT2D eigenvalue weighted by Gasteiger charge is 2.13. The predicted molar refractivity (Wildman–Crippen MR) is 77.0 cm³/mol. The molecule has 1 aromatic carbocycles. The van der Waals surface area contributed by atoms with Crippen LogP contribution in [-0.4, -0.2) is 25.4 Å². The van der Waals surface area contributed by atoms with Crippen molar-refractivity contribution in [1.29, 1.82) is 0 Å². The van der Waals surface area contributed by atoms with Crippen LogP contribution in [0.5, 0.6) is 0 Å². The Hall–Kier alpha value is -0.380. The highest BCUT2D eigenvalue weighted by Crippen LogP contribution is 2.20. The molecular weight excluding hydrogens is 240 g/mol. The molecule has 92 valence electrons. The van der Waals surface area contributed by atoms with Crippen molar-refractivity contribution in [2.45, 2.75) is 24.3 Å². The van der Waals surface area contributed by atoms with Gasteiger partial charge >= 0.3 is 0 Å². The van der Waals surface area contributed by atoms with Crippen molar-refractivity contribution in [2.24, 2.45) is 5.73 Å². The van der Waals surface area contributed by atoms with Gasteiger partial charge in [-0.2, -0.15) is 0 Å². The van der Waals surface area contributed by atoms with E-state index in [1.807, 2.05) is 13.8 Å². The Labute approximate surface area is 109 Å². The molecule has 0 amide bonds. The zero-order chi connectivity index (χ0) is 11.5. The van der Waals surface area contributed by atoms with Gasteiger partial charge in [-0.3, -0.25) is 0 Å². The molecule has 16 heavy (non-hydrogen) atoms. The number of benzene rings is 1. The van der Waals surface area contributed by atoms with Gasteiger partial charge in [-0.25, -0.2) is 0 Å². The topological polar surface area (TPSA) is 29.3 Å². The van der Waals surface area contributed by atoms with Gasteiger partial charge in [0.1, 0.15) is 0 Å². The SMILES string of the molecule is CSc1ccc(N(C)CC(C)(C)N)cc1.Cl. The first kappa shape index (κ1) is 15.6. The molecule has 0 aromatic heterocycles. The second-order valence-electron chi connectivity index (χ2n) is 4.54. The number of anilines is 1. The molecule has 0 fully saturated rings. The van der Waals surface area contributed by atoms with Gasteiger partial charge in [-0.15, -0.1) is 24.2 Å². The molecule has 0 spiro atoms. The second-order valence-corrected chi connectivity index (χ2v) is 5.42. The lowest BCUT2D eigenvalue weighted by molar-refractivity contribution is 0.519. The number of likely N-dealkylation sites (N-methyl/N-ethyl adjacent to an activating group) is 1. The fourth-order valence-corrected chi connectivity index (χ4v) is 1.95. The maximum atomic E-state index is 5.98. The zero-order valence-corrected chi connectivity index (χ0v) is 12.0. The first-order valence-electron chi connectivity index (χ1n) is 5.06. The quantitative estimate of drug-likeness (QED) is 0.844. The van der Waals surface area contributed by atoms with Crippen LogP contribution in [0.2, 0.25) is 0 Å². The summed E-state index contributed by atoms with van der Waals surface area (Å²) in [5.74, 6) is 0. The monoisotopic (exact) mass is 260 g/mol. The molecule has 0 radical (unpaired) electrons. The van der Waals surface area contributed by atoms with Crippen LogP contribution in [0, 0.1) is 0 Å². The average Bonchev–Trinajstić information content (AvgIpc) is 2.15. The number of hydrogen-bond acceptors (Lipinski definition) is 3. The first-order chi connectivity index (χ1) is 6.92. The summed E-state index contributed by atoms with van der Waals surface area (Å²) in [6.07, 6.45) is 2.09. The van der Waals surface area contributed by atoms with E-state index in [0.717, 1.165) is 6.54 Å². The molecule has 4 heteroatoms. The molecule has 0 unspecified atom stereocenters. The average molecular weight is 261 g/mol. The van der Waals surface area contributed by atoms with Crippen LogP contribution >= 0.6 is 24.2 Å². The number of nitrogens with two attached hydrogens (primary N) is 1. The number of hydrogen-bond donors (Lipinski definition) is 1.